The van der Waals surface area contributed by atoms with Crippen LogP contribution in [0.25, 0.3) is 21.8 Å². The number of pyridine rings is 2. The van der Waals surface area contributed by atoms with E-state index in [1.165, 1.54) is 14.3 Å². The summed E-state index contributed by atoms with van der Waals surface area (Å²) in [5, 5.41) is 2.66. The fourth-order valence-electron chi connectivity index (χ4n) is 9.63. The van der Waals surface area contributed by atoms with Crippen LogP contribution in [-0.4, -0.2) is 35.3 Å². The Morgan fingerprint density at radius 1 is 0.438 bits per heavy atom. The Labute approximate surface area is 448 Å². The Balaban J connectivity index is 0.000000171. The van der Waals surface area contributed by atoms with E-state index in [-0.39, 0.29) is 22.5 Å². The maximum Gasteiger partial charge on any atom is 0.437 e. The Morgan fingerprint density at radius 3 is 0.938 bits per heavy atom. The maximum atomic E-state index is 13.2. The highest BCUT2D eigenvalue weighted by atomic mass is 127. The molecule has 2 aliphatic rings. The quantitative estimate of drug-likeness (QED) is 0.100. The molecule has 6 nitrogen and oxygen atoms in total. The van der Waals surface area contributed by atoms with Crippen LogP contribution in [0, 0.1) is 14.3 Å². The van der Waals surface area contributed by atoms with Crippen molar-refractivity contribution in [3.63, 3.8) is 0 Å². The molecule has 0 fully saturated rings. The van der Waals surface area contributed by atoms with Crippen molar-refractivity contribution < 1.29 is 18.5 Å². The van der Waals surface area contributed by atoms with E-state index in [0.29, 0.717) is 0 Å². The van der Waals surface area contributed by atoms with Crippen LogP contribution in [0.4, 0.5) is 11.4 Å². The highest BCUT2D eigenvalue weighted by Gasteiger charge is 2.55. The largest absolute Gasteiger partial charge is 0.437 e. The van der Waals surface area contributed by atoms with Gasteiger partial charge in [-0.15, -0.1) is 68.3 Å². The molecule has 0 aliphatic carbocycles. The molecule has 2 aromatic heterocycles. The monoisotopic (exact) mass is 1370 g/mol. The smallest absolute Gasteiger partial charge is 0.412 e. The molecule has 2 aliphatic heterocycles. The van der Waals surface area contributed by atoms with Crippen molar-refractivity contribution in [3.8, 4) is 0 Å². The number of halogens is 8. The first-order valence-electron chi connectivity index (χ1n) is 20.0. The Kier molecular flexibility index (Phi) is 16.5. The topological polar surface area (TPSA) is 48.4 Å². The molecule has 0 saturated heterocycles. The summed E-state index contributed by atoms with van der Waals surface area (Å²) >= 11 is 28.4. The molecule has 0 atom stereocenters. The molecule has 0 unspecified atom stereocenters. The molecule has 0 bridgehead atoms. The Morgan fingerprint density at radius 2 is 0.688 bits per heavy atom. The number of para-hydroxylation sites is 2. The van der Waals surface area contributed by atoms with Crippen molar-refractivity contribution >= 4 is 216 Å². The summed E-state index contributed by atoms with van der Waals surface area (Å²) in [6.07, 6.45) is 0.830. The van der Waals surface area contributed by atoms with E-state index in [9.17, 15) is 9.59 Å². The molecular formula is C48H38B2Cl4I4N4O2. The highest BCUT2D eigenvalue weighted by molar-refractivity contribution is 14.1. The van der Waals surface area contributed by atoms with Crippen LogP contribution < -0.4 is 40.4 Å². The first-order chi connectivity index (χ1) is 30.9. The molecule has 0 spiro atoms. The van der Waals surface area contributed by atoms with Gasteiger partial charge in [-0.1, -0.05) is 109 Å². The molecule has 0 radical (unpaired) electrons. The zero-order chi connectivity index (χ0) is 45.8. The second-order valence-corrected chi connectivity index (χ2v) is 21.6. The van der Waals surface area contributed by atoms with Gasteiger partial charge in [-0.25, -0.2) is 0 Å². The molecule has 0 N–H and O–H groups in total. The van der Waals surface area contributed by atoms with Crippen molar-refractivity contribution in [3.05, 3.63) is 184 Å². The summed E-state index contributed by atoms with van der Waals surface area (Å²) in [5.41, 5.74) is 8.61. The minimum Gasteiger partial charge on any atom is -0.412 e. The summed E-state index contributed by atoms with van der Waals surface area (Å²) in [5.74, 6) is 0.0802. The van der Waals surface area contributed by atoms with Crippen molar-refractivity contribution in [2.24, 2.45) is 0 Å². The van der Waals surface area contributed by atoms with Gasteiger partial charge < -0.3 is 18.6 Å². The van der Waals surface area contributed by atoms with Crippen molar-refractivity contribution in [1.29, 1.82) is 0 Å². The molecule has 10 rings (SSSR count). The lowest BCUT2D eigenvalue weighted by molar-refractivity contribution is -0.508. The predicted molar refractivity (Wildman–Crippen MR) is 305 cm³/mol. The first kappa shape index (κ1) is 49.2. The van der Waals surface area contributed by atoms with Crippen LogP contribution >= 0.6 is 137 Å². The minimum atomic E-state index is -1.70. The number of carbonyl (C=O) groups is 2. The van der Waals surface area contributed by atoms with Crippen LogP contribution in [0.2, 0.25) is 0 Å². The molecule has 6 aromatic carbocycles. The normalized spacial score (nSPS) is 13.6. The lowest BCUT2D eigenvalue weighted by Crippen LogP contribution is -2.85. The van der Waals surface area contributed by atoms with E-state index in [1.54, 1.807) is 13.8 Å². The van der Waals surface area contributed by atoms with E-state index in [4.69, 9.17) is 46.4 Å². The Hall–Kier alpha value is -2.71. The summed E-state index contributed by atoms with van der Waals surface area (Å²) in [4.78, 5) is 30.4. The average molecular weight is 1370 g/mol. The molecule has 4 heterocycles. The van der Waals surface area contributed by atoms with E-state index < -0.39 is 12.8 Å². The van der Waals surface area contributed by atoms with Gasteiger partial charge in [0.05, 0.1) is 22.1 Å². The number of carbonyl (C=O) groups excluding carboxylic acids is 2. The second-order valence-electron chi connectivity index (χ2n) is 15.0. The van der Waals surface area contributed by atoms with Gasteiger partial charge in [-0.05, 0) is 139 Å². The maximum absolute atomic E-state index is 13.2. The van der Waals surface area contributed by atoms with Gasteiger partial charge in [-0.2, -0.15) is 0 Å². The lowest BCUT2D eigenvalue weighted by atomic mass is 9.36. The van der Waals surface area contributed by atoms with Gasteiger partial charge in [0, 0.05) is 38.9 Å². The molecule has 324 valence electrons. The number of amides is 2. The third kappa shape index (κ3) is 9.04. The number of nitrogens with zero attached hydrogens (tertiary/aromatic N) is 4. The van der Waals surface area contributed by atoms with Crippen LogP contribution in [-0.2, 0) is 9.59 Å². The number of alkyl halides is 4. The van der Waals surface area contributed by atoms with E-state index in [0.717, 1.165) is 55.0 Å². The van der Waals surface area contributed by atoms with Crippen molar-refractivity contribution in [1.82, 2.24) is 0 Å². The van der Waals surface area contributed by atoms with Crippen LogP contribution in [0.15, 0.2) is 170 Å². The van der Waals surface area contributed by atoms with Gasteiger partial charge in [0.1, 0.15) is 12.4 Å². The number of hydrogen-bond acceptors (Lipinski definition) is 2. The minimum absolute atomic E-state index is 0.0401. The first-order valence-corrected chi connectivity index (χ1v) is 26.4. The number of benzene rings is 6. The second kappa shape index (κ2) is 21.5. The standard InChI is InChI=1S/2C23H17BI2N2O.2CH2Cl2/c2*1-16(29)28-22-6-2-4-17-5-3-15-27(23(17)22)24(28,18-7-11-20(25)12-8-18)19-9-13-21(26)14-10-19;2*2-1-3/h2*2-15H,1H3;2*1H2. The fraction of sp³-hybridized carbons (Fsp3) is 0.0833. The zero-order valence-electron chi connectivity index (χ0n) is 34.4. The summed E-state index contributed by atoms with van der Waals surface area (Å²) in [6.45, 7) is 3.34. The number of anilines is 2. The molecule has 2 amide bonds. The van der Waals surface area contributed by atoms with Crippen molar-refractivity contribution in [2.75, 3.05) is 20.3 Å². The van der Waals surface area contributed by atoms with Crippen LogP contribution in [0.1, 0.15) is 13.8 Å². The highest BCUT2D eigenvalue weighted by Crippen LogP contribution is 2.35. The summed E-state index contributed by atoms with van der Waals surface area (Å²) < 4.78 is 9.33. The van der Waals surface area contributed by atoms with E-state index in [1.807, 2.05) is 21.8 Å². The summed E-state index contributed by atoms with van der Waals surface area (Å²) in [7, 11) is 0. The zero-order valence-corrected chi connectivity index (χ0v) is 46.0. The number of aromatic nitrogens is 2. The third-order valence-electron chi connectivity index (χ3n) is 11.7. The molecule has 16 heteroatoms. The molecular weight excluding hydrogens is 1340 g/mol. The van der Waals surface area contributed by atoms with Crippen molar-refractivity contribution in [2.45, 2.75) is 13.8 Å². The van der Waals surface area contributed by atoms with Gasteiger partial charge in [-0.3, -0.25) is 9.59 Å². The Bertz CT molecular complexity index is 2670. The SMILES string of the molecule is CC(=O)N1c2cccc3ccc[n+](c23)[B-]1(c1ccc(I)cc1)c1ccc(I)cc1.CC(=O)N1c2cccc3ccc[n+](c23)[B-]1(c1ccc(I)cc1)c1ccc(I)cc1.ClCCl.ClCCl. The van der Waals surface area contributed by atoms with Crippen LogP contribution in [0.5, 0.6) is 0 Å². The van der Waals surface area contributed by atoms with E-state index >= 15 is 0 Å². The molecule has 64 heavy (non-hydrogen) atoms. The van der Waals surface area contributed by atoms with Gasteiger partial charge in [0.15, 0.2) is 22.8 Å². The fourth-order valence-corrected chi connectivity index (χ4v) is 11.1. The summed E-state index contributed by atoms with van der Waals surface area (Å²) in [6, 6.07) is 55.0. The lowest BCUT2D eigenvalue weighted by Gasteiger charge is -2.40. The predicted octanol–water partition coefficient (Wildman–Crippen LogP) is 10.5. The van der Waals surface area contributed by atoms with Gasteiger partial charge in [0.25, 0.3) is 0 Å². The number of hydrogen-bond donors (Lipinski definition) is 0. The van der Waals surface area contributed by atoms with Gasteiger partial charge in [0.2, 0.25) is 0 Å². The van der Waals surface area contributed by atoms with Gasteiger partial charge >= 0.3 is 12.8 Å². The third-order valence-corrected chi connectivity index (χ3v) is 14.6. The van der Waals surface area contributed by atoms with E-state index in [2.05, 4.69) is 257 Å². The number of rotatable bonds is 4. The molecule has 0 saturated carbocycles. The molecule has 8 aromatic rings. The average Bonchev–Trinajstić information content (AvgIpc) is 3.77. The van der Waals surface area contributed by atoms with Crippen LogP contribution in [0.3, 0.4) is 0 Å².